The zero-order valence-electron chi connectivity index (χ0n) is 13.0. The van der Waals surface area contributed by atoms with E-state index in [1.54, 1.807) is 7.11 Å². The lowest BCUT2D eigenvalue weighted by molar-refractivity contribution is 0.414. The van der Waals surface area contributed by atoms with Crippen LogP contribution in [0.5, 0.6) is 5.75 Å². The van der Waals surface area contributed by atoms with Crippen molar-refractivity contribution < 1.29 is 4.74 Å². The Balaban J connectivity index is 2.03. The van der Waals surface area contributed by atoms with Gasteiger partial charge in [0.1, 0.15) is 11.6 Å². The van der Waals surface area contributed by atoms with Gasteiger partial charge >= 0.3 is 0 Å². The molecule has 0 radical (unpaired) electrons. The fourth-order valence-electron chi connectivity index (χ4n) is 2.13. The van der Waals surface area contributed by atoms with Gasteiger partial charge in [-0.2, -0.15) is 0 Å². The number of ether oxygens (including phenoxy) is 1. The molecule has 21 heavy (non-hydrogen) atoms. The summed E-state index contributed by atoms with van der Waals surface area (Å²) in [4.78, 5) is 6.60. The van der Waals surface area contributed by atoms with Crippen LogP contribution < -0.4 is 15.0 Å². The fraction of sp³-hybridized carbons (Fsp3) is 0.353. The Bertz CT molecular complexity index is 554. The van der Waals surface area contributed by atoms with Crippen molar-refractivity contribution in [2.75, 3.05) is 25.6 Å². The van der Waals surface area contributed by atoms with Crippen molar-refractivity contribution in [2.45, 2.75) is 20.0 Å². The molecule has 0 saturated carbocycles. The average molecular weight is 285 g/mol. The van der Waals surface area contributed by atoms with Gasteiger partial charge in [0, 0.05) is 26.3 Å². The summed E-state index contributed by atoms with van der Waals surface area (Å²) in [7, 11) is 3.74. The standard InChI is InChI=1S/C17H23N3O/c1-4-18-12-15-9-10-19-17(11-15)20(2)13-14-5-7-16(21-3)8-6-14/h5-11,18H,4,12-13H2,1-3H3. The van der Waals surface area contributed by atoms with Crippen LogP contribution in [0.3, 0.4) is 0 Å². The van der Waals surface area contributed by atoms with Crippen LogP contribution in [0.4, 0.5) is 5.82 Å². The molecule has 2 aromatic rings. The van der Waals surface area contributed by atoms with Crippen molar-refractivity contribution in [3.05, 3.63) is 53.7 Å². The third-order valence-corrected chi connectivity index (χ3v) is 3.36. The maximum atomic E-state index is 5.18. The lowest BCUT2D eigenvalue weighted by Gasteiger charge is -2.19. The molecule has 0 saturated heterocycles. The minimum Gasteiger partial charge on any atom is -0.497 e. The molecule has 0 unspecified atom stereocenters. The molecule has 0 bridgehead atoms. The molecular weight excluding hydrogens is 262 g/mol. The molecule has 2 rings (SSSR count). The van der Waals surface area contributed by atoms with Gasteiger partial charge in [-0.3, -0.25) is 0 Å². The number of benzene rings is 1. The van der Waals surface area contributed by atoms with E-state index in [-0.39, 0.29) is 0 Å². The number of hydrogen-bond donors (Lipinski definition) is 1. The molecule has 1 aromatic heterocycles. The second-order valence-corrected chi connectivity index (χ2v) is 5.01. The molecule has 0 aliphatic heterocycles. The smallest absolute Gasteiger partial charge is 0.128 e. The maximum absolute atomic E-state index is 5.18. The highest BCUT2D eigenvalue weighted by Gasteiger charge is 2.05. The number of nitrogens with zero attached hydrogens (tertiary/aromatic N) is 2. The number of methoxy groups -OCH3 is 1. The van der Waals surface area contributed by atoms with E-state index in [4.69, 9.17) is 4.74 Å². The average Bonchev–Trinajstić information content (AvgIpc) is 2.54. The molecule has 1 heterocycles. The molecule has 1 N–H and O–H groups in total. The number of nitrogens with one attached hydrogen (secondary N) is 1. The van der Waals surface area contributed by atoms with Gasteiger partial charge in [0.25, 0.3) is 0 Å². The number of pyridine rings is 1. The van der Waals surface area contributed by atoms with E-state index in [9.17, 15) is 0 Å². The van der Waals surface area contributed by atoms with Gasteiger partial charge in [0.2, 0.25) is 0 Å². The lowest BCUT2D eigenvalue weighted by atomic mass is 10.2. The summed E-state index contributed by atoms with van der Waals surface area (Å²) in [6.07, 6.45) is 1.87. The highest BCUT2D eigenvalue weighted by molar-refractivity contribution is 5.41. The highest BCUT2D eigenvalue weighted by atomic mass is 16.5. The molecule has 112 valence electrons. The topological polar surface area (TPSA) is 37.4 Å². The number of hydrogen-bond acceptors (Lipinski definition) is 4. The molecule has 0 aliphatic carbocycles. The van der Waals surface area contributed by atoms with Crippen molar-refractivity contribution in [1.82, 2.24) is 10.3 Å². The Hall–Kier alpha value is -2.07. The quantitative estimate of drug-likeness (QED) is 0.849. The van der Waals surface area contributed by atoms with Crippen molar-refractivity contribution in [3.63, 3.8) is 0 Å². The molecule has 0 amide bonds. The largest absolute Gasteiger partial charge is 0.497 e. The summed E-state index contributed by atoms with van der Waals surface area (Å²) in [5, 5.41) is 3.33. The van der Waals surface area contributed by atoms with E-state index in [0.29, 0.717) is 0 Å². The zero-order chi connectivity index (χ0) is 15.1. The van der Waals surface area contributed by atoms with Crippen molar-refractivity contribution in [2.24, 2.45) is 0 Å². The summed E-state index contributed by atoms with van der Waals surface area (Å²) >= 11 is 0. The Labute approximate surface area is 126 Å². The first kappa shape index (κ1) is 15.3. The normalized spacial score (nSPS) is 10.4. The molecule has 0 spiro atoms. The van der Waals surface area contributed by atoms with Crippen LogP contribution in [0.2, 0.25) is 0 Å². The summed E-state index contributed by atoms with van der Waals surface area (Å²) < 4.78 is 5.18. The minimum absolute atomic E-state index is 0.821. The molecule has 0 fully saturated rings. The molecule has 0 aliphatic rings. The number of aromatic nitrogens is 1. The van der Waals surface area contributed by atoms with Gasteiger partial charge in [0.15, 0.2) is 0 Å². The van der Waals surface area contributed by atoms with Gasteiger partial charge in [-0.05, 0) is 41.9 Å². The SMILES string of the molecule is CCNCc1ccnc(N(C)Cc2ccc(OC)cc2)c1. The monoisotopic (exact) mass is 285 g/mol. The fourth-order valence-corrected chi connectivity index (χ4v) is 2.13. The van der Waals surface area contributed by atoms with Crippen LogP contribution in [-0.2, 0) is 13.1 Å². The summed E-state index contributed by atoms with van der Waals surface area (Å²) in [6.45, 7) is 4.78. The van der Waals surface area contributed by atoms with Crippen molar-refractivity contribution in [3.8, 4) is 5.75 Å². The van der Waals surface area contributed by atoms with Gasteiger partial charge in [0.05, 0.1) is 7.11 Å². The van der Waals surface area contributed by atoms with Crippen LogP contribution in [-0.4, -0.2) is 25.7 Å². The zero-order valence-corrected chi connectivity index (χ0v) is 13.0. The van der Waals surface area contributed by atoms with Gasteiger partial charge in [-0.15, -0.1) is 0 Å². The van der Waals surface area contributed by atoms with E-state index in [0.717, 1.165) is 31.2 Å². The number of anilines is 1. The van der Waals surface area contributed by atoms with E-state index in [1.807, 2.05) is 24.4 Å². The van der Waals surface area contributed by atoms with E-state index in [2.05, 4.69) is 47.4 Å². The van der Waals surface area contributed by atoms with Gasteiger partial charge < -0.3 is 15.0 Å². The maximum Gasteiger partial charge on any atom is 0.128 e. The summed E-state index contributed by atoms with van der Waals surface area (Å²) in [5.41, 5.74) is 2.49. The highest BCUT2D eigenvalue weighted by Crippen LogP contribution is 2.16. The molecule has 4 nitrogen and oxygen atoms in total. The van der Waals surface area contributed by atoms with Crippen LogP contribution >= 0.6 is 0 Å². The van der Waals surface area contributed by atoms with Crippen LogP contribution in [0.15, 0.2) is 42.6 Å². The molecule has 1 aromatic carbocycles. The second-order valence-electron chi connectivity index (χ2n) is 5.01. The van der Waals surface area contributed by atoms with Crippen molar-refractivity contribution >= 4 is 5.82 Å². The first-order valence-corrected chi connectivity index (χ1v) is 7.22. The van der Waals surface area contributed by atoms with E-state index < -0.39 is 0 Å². The molecule has 4 heteroatoms. The summed E-state index contributed by atoms with van der Waals surface area (Å²) in [6, 6.07) is 12.3. The lowest BCUT2D eigenvalue weighted by Crippen LogP contribution is -2.18. The predicted octanol–water partition coefficient (Wildman–Crippen LogP) is 2.84. The van der Waals surface area contributed by atoms with E-state index in [1.165, 1.54) is 11.1 Å². The van der Waals surface area contributed by atoms with Crippen LogP contribution in [0, 0.1) is 0 Å². The van der Waals surface area contributed by atoms with E-state index >= 15 is 0 Å². The van der Waals surface area contributed by atoms with Crippen molar-refractivity contribution in [1.29, 1.82) is 0 Å². The second kappa shape index (κ2) is 7.64. The molecule has 0 atom stereocenters. The van der Waals surface area contributed by atoms with Gasteiger partial charge in [-0.1, -0.05) is 19.1 Å². The Morgan fingerprint density at radius 1 is 1.14 bits per heavy atom. The van der Waals surface area contributed by atoms with Crippen LogP contribution in [0.1, 0.15) is 18.1 Å². The van der Waals surface area contributed by atoms with Gasteiger partial charge in [-0.25, -0.2) is 4.98 Å². The minimum atomic E-state index is 0.821. The molecular formula is C17H23N3O. The Morgan fingerprint density at radius 3 is 2.57 bits per heavy atom. The van der Waals surface area contributed by atoms with Crippen LogP contribution in [0.25, 0.3) is 0 Å². The Kier molecular flexibility index (Phi) is 5.58. The summed E-state index contributed by atoms with van der Waals surface area (Å²) in [5.74, 6) is 1.87. The Morgan fingerprint density at radius 2 is 1.90 bits per heavy atom. The first-order valence-electron chi connectivity index (χ1n) is 7.22. The number of rotatable bonds is 7. The third-order valence-electron chi connectivity index (χ3n) is 3.36. The predicted molar refractivity (Wildman–Crippen MR) is 86.7 cm³/mol. The first-order chi connectivity index (χ1) is 10.2. The third kappa shape index (κ3) is 4.46.